The molecule has 2 aromatic carbocycles. The van der Waals surface area contributed by atoms with Crippen molar-refractivity contribution < 1.29 is 13.2 Å². The van der Waals surface area contributed by atoms with Gasteiger partial charge in [0.05, 0.1) is 10.2 Å². The minimum atomic E-state index is -3.44. The summed E-state index contributed by atoms with van der Waals surface area (Å²) >= 11 is 3.38. The van der Waals surface area contributed by atoms with E-state index in [0.717, 1.165) is 21.2 Å². The first-order chi connectivity index (χ1) is 14.8. The van der Waals surface area contributed by atoms with Crippen LogP contribution in [0.3, 0.4) is 0 Å². The maximum atomic E-state index is 12.8. The third-order valence-corrected chi connectivity index (χ3v) is 9.34. The van der Waals surface area contributed by atoms with Gasteiger partial charge in [0, 0.05) is 51.6 Å². The summed E-state index contributed by atoms with van der Waals surface area (Å²) < 4.78 is 29.3. The Morgan fingerprint density at radius 1 is 1.06 bits per heavy atom. The molecule has 1 fully saturated rings. The molecule has 0 saturated carbocycles. The third kappa shape index (κ3) is 4.93. The smallest absolute Gasteiger partial charge is 0.281 e. The quantitative estimate of drug-likeness (QED) is 0.511. The maximum Gasteiger partial charge on any atom is 0.281 e. The zero-order valence-electron chi connectivity index (χ0n) is 17.4. The topological polar surface area (TPSA) is 73.8 Å². The van der Waals surface area contributed by atoms with Crippen molar-refractivity contribution in [2.45, 2.75) is 10.1 Å². The summed E-state index contributed by atoms with van der Waals surface area (Å²) in [6, 6.07) is 15.7. The van der Waals surface area contributed by atoms with Gasteiger partial charge in [-0.3, -0.25) is 4.79 Å². The molecule has 1 aliphatic heterocycles. The number of thioether (sulfide) groups is 1. The van der Waals surface area contributed by atoms with Gasteiger partial charge in [0.2, 0.25) is 0 Å². The van der Waals surface area contributed by atoms with E-state index in [2.05, 4.69) is 11.1 Å². The largest absolute Gasteiger partial charge is 0.336 e. The molecule has 0 spiro atoms. The summed E-state index contributed by atoms with van der Waals surface area (Å²) in [4.78, 5) is 19.2. The Bertz CT molecular complexity index is 1140. The van der Waals surface area contributed by atoms with Gasteiger partial charge < -0.3 is 4.90 Å². The fraction of sp³-hybridized carbons (Fsp3) is 0.333. The molecule has 1 saturated heterocycles. The number of hydrogen-bond donors (Lipinski definition) is 0. The number of benzene rings is 2. The lowest BCUT2D eigenvalue weighted by Crippen LogP contribution is -2.53. The number of hydrogen-bond acceptors (Lipinski definition) is 6. The number of piperazine rings is 1. The number of rotatable bonds is 6. The van der Waals surface area contributed by atoms with Crippen LogP contribution in [0.15, 0.2) is 52.9 Å². The lowest BCUT2D eigenvalue weighted by molar-refractivity contribution is 0.0695. The number of fused-ring (bicyclic) bond motifs is 1. The molecule has 1 amide bonds. The summed E-state index contributed by atoms with van der Waals surface area (Å²) in [6.45, 7) is 1.40. The van der Waals surface area contributed by atoms with Crippen molar-refractivity contribution in [1.29, 1.82) is 0 Å². The van der Waals surface area contributed by atoms with Crippen molar-refractivity contribution in [2.24, 2.45) is 0 Å². The fourth-order valence-corrected chi connectivity index (χ4v) is 6.45. The Hall–Kier alpha value is -1.98. The van der Waals surface area contributed by atoms with Crippen LogP contribution >= 0.6 is 23.1 Å². The Kier molecular flexibility index (Phi) is 6.63. The van der Waals surface area contributed by atoms with Crippen molar-refractivity contribution in [1.82, 2.24) is 18.5 Å². The Balaban J connectivity index is 1.33. The molecule has 0 N–H and O–H groups in total. The van der Waals surface area contributed by atoms with Crippen LogP contribution in [0.2, 0.25) is 0 Å². The van der Waals surface area contributed by atoms with E-state index in [0.29, 0.717) is 31.7 Å². The van der Waals surface area contributed by atoms with Crippen molar-refractivity contribution in [3.8, 4) is 0 Å². The lowest BCUT2D eigenvalue weighted by Gasteiger charge is -2.35. The first kappa shape index (κ1) is 22.2. The number of carbonyl (C=O) groups is 1. The summed E-state index contributed by atoms with van der Waals surface area (Å²) in [6.07, 6.45) is 0. The molecule has 0 aliphatic carbocycles. The zero-order valence-corrected chi connectivity index (χ0v) is 19.8. The van der Waals surface area contributed by atoms with E-state index in [-0.39, 0.29) is 5.91 Å². The van der Waals surface area contributed by atoms with Gasteiger partial charge in [-0.05, 0) is 29.8 Å². The van der Waals surface area contributed by atoms with Crippen molar-refractivity contribution >= 4 is 49.4 Å². The molecule has 0 bridgehead atoms. The third-order valence-electron chi connectivity index (χ3n) is 5.15. The number of aromatic nitrogens is 1. The van der Waals surface area contributed by atoms with E-state index in [1.807, 2.05) is 42.5 Å². The number of amides is 1. The van der Waals surface area contributed by atoms with Crippen LogP contribution in [0, 0.1) is 0 Å². The van der Waals surface area contributed by atoms with E-state index in [4.69, 9.17) is 0 Å². The van der Waals surface area contributed by atoms with E-state index in [9.17, 15) is 13.2 Å². The zero-order chi connectivity index (χ0) is 22.0. The fourth-order valence-electron chi connectivity index (χ4n) is 3.34. The summed E-state index contributed by atoms with van der Waals surface area (Å²) in [7, 11) is -0.400. The van der Waals surface area contributed by atoms with Gasteiger partial charge in [-0.1, -0.05) is 36.0 Å². The minimum Gasteiger partial charge on any atom is -0.336 e. The van der Waals surface area contributed by atoms with Crippen LogP contribution in [-0.4, -0.2) is 73.1 Å². The second kappa shape index (κ2) is 9.25. The predicted molar refractivity (Wildman–Crippen MR) is 126 cm³/mol. The second-order valence-electron chi connectivity index (χ2n) is 7.41. The van der Waals surface area contributed by atoms with E-state index >= 15 is 0 Å². The second-order valence-corrected chi connectivity index (χ2v) is 11.8. The molecule has 10 heteroatoms. The van der Waals surface area contributed by atoms with Crippen molar-refractivity contribution in [2.75, 3.05) is 40.3 Å². The highest BCUT2D eigenvalue weighted by molar-refractivity contribution is 8.00. The first-order valence-electron chi connectivity index (χ1n) is 9.89. The molecule has 3 aromatic rings. The Labute approximate surface area is 190 Å². The molecule has 4 rings (SSSR count). The minimum absolute atomic E-state index is 0.0627. The molecule has 0 unspecified atom stereocenters. The SMILES string of the molecule is CN(C)S(=O)(=O)N1CCN(C(=O)c2ccc(CSc3nc4ccccc4s3)cc2)CC1. The molecular weight excluding hydrogens is 452 g/mol. The number of nitrogens with zero attached hydrogens (tertiary/aromatic N) is 4. The van der Waals surface area contributed by atoms with Crippen LogP contribution in [0.4, 0.5) is 0 Å². The molecule has 0 atom stereocenters. The van der Waals surface area contributed by atoms with Gasteiger partial charge >= 0.3 is 0 Å². The normalized spacial score (nSPS) is 15.6. The van der Waals surface area contributed by atoms with Crippen LogP contribution in [0.1, 0.15) is 15.9 Å². The lowest BCUT2D eigenvalue weighted by atomic mass is 10.1. The molecule has 7 nitrogen and oxygen atoms in total. The predicted octanol–water partition coefficient (Wildman–Crippen LogP) is 3.15. The van der Waals surface area contributed by atoms with Gasteiger partial charge in [0.1, 0.15) is 0 Å². The van der Waals surface area contributed by atoms with E-state index in [1.54, 1.807) is 28.0 Å². The van der Waals surface area contributed by atoms with Crippen molar-refractivity contribution in [3.63, 3.8) is 0 Å². The van der Waals surface area contributed by atoms with E-state index < -0.39 is 10.2 Å². The van der Waals surface area contributed by atoms with Gasteiger partial charge in [0.15, 0.2) is 4.34 Å². The van der Waals surface area contributed by atoms with Gasteiger partial charge in [0.25, 0.3) is 16.1 Å². The molecule has 31 heavy (non-hydrogen) atoms. The van der Waals surface area contributed by atoms with E-state index in [1.165, 1.54) is 27.4 Å². The molecule has 2 heterocycles. The molecular formula is C21H24N4O3S3. The summed E-state index contributed by atoms with van der Waals surface area (Å²) in [5, 5.41) is 0. The number of carbonyl (C=O) groups excluding carboxylic acids is 1. The number of thiazole rings is 1. The summed E-state index contributed by atoms with van der Waals surface area (Å²) in [5.41, 5.74) is 2.77. The van der Waals surface area contributed by atoms with Gasteiger partial charge in [-0.15, -0.1) is 11.3 Å². The van der Waals surface area contributed by atoms with Gasteiger partial charge in [-0.2, -0.15) is 17.0 Å². The highest BCUT2D eigenvalue weighted by Crippen LogP contribution is 2.31. The monoisotopic (exact) mass is 476 g/mol. The number of para-hydroxylation sites is 1. The highest BCUT2D eigenvalue weighted by Gasteiger charge is 2.30. The van der Waals surface area contributed by atoms with Crippen LogP contribution in [-0.2, 0) is 16.0 Å². The van der Waals surface area contributed by atoms with Crippen LogP contribution in [0.25, 0.3) is 10.2 Å². The maximum absolute atomic E-state index is 12.8. The van der Waals surface area contributed by atoms with Crippen LogP contribution < -0.4 is 0 Å². The highest BCUT2D eigenvalue weighted by atomic mass is 32.2. The molecule has 1 aliphatic rings. The van der Waals surface area contributed by atoms with Crippen LogP contribution in [0.5, 0.6) is 0 Å². The summed E-state index contributed by atoms with van der Waals surface area (Å²) in [5.74, 6) is 0.724. The van der Waals surface area contributed by atoms with Crippen molar-refractivity contribution in [3.05, 3.63) is 59.7 Å². The molecule has 164 valence electrons. The first-order valence-corrected chi connectivity index (χ1v) is 13.1. The Morgan fingerprint density at radius 3 is 2.39 bits per heavy atom. The average Bonchev–Trinajstić information content (AvgIpc) is 3.20. The standard InChI is InChI=1S/C21H24N4O3S3/c1-23(2)31(27,28)25-13-11-24(12-14-25)20(26)17-9-7-16(8-10-17)15-29-21-22-18-5-3-4-6-19(18)30-21/h3-10H,11-15H2,1-2H3. The Morgan fingerprint density at radius 2 is 1.74 bits per heavy atom. The molecule has 0 radical (unpaired) electrons. The van der Waals surface area contributed by atoms with Gasteiger partial charge in [-0.25, -0.2) is 4.98 Å². The molecule has 1 aromatic heterocycles. The average molecular weight is 477 g/mol.